The molecule has 0 fully saturated rings. The number of carboxylic acids is 1. The molecule has 3 aromatic carbocycles. The zero-order chi connectivity index (χ0) is 24.1. The van der Waals surface area contributed by atoms with Crippen LogP contribution >= 0.6 is 46.6 Å². The van der Waals surface area contributed by atoms with Crippen LogP contribution in [0.2, 0.25) is 15.1 Å². The van der Waals surface area contributed by atoms with Crippen molar-refractivity contribution in [2.24, 2.45) is 0 Å². The van der Waals surface area contributed by atoms with Crippen molar-refractivity contribution in [3.05, 3.63) is 86.9 Å². The molecule has 0 heterocycles. The molecule has 170 valence electrons. The zero-order valence-electron chi connectivity index (χ0n) is 17.1. The van der Waals surface area contributed by atoms with Gasteiger partial charge in [-0.15, -0.1) is 11.8 Å². The first-order chi connectivity index (χ1) is 15.6. The van der Waals surface area contributed by atoms with E-state index in [0.717, 1.165) is 4.90 Å². The van der Waals surface area contributed by atoms with E-state index in [4.69, 9.17) is 39.9 Å². The first kappa shape index (κ1) is 24.9. The van der Waals surface area contributed by atoms with Crippen molar-refractivity contribution in [1.29, 1.82) is 0 Å². The lowest BCUT2D eigenvalue weighted by Crippen LogP contribution is -2.22. The second-order valence-corrected chi connectivity index (χ2v) is 9.52. The topological polar surface area (TPSA) is 95.5 Å². The van der Waals surface area contributed by atoms with Gasteiger partial charge in [-0.05, 0) is 61.5 Å². The van der Waals surface area contributed by atoms with Gasteiger partial charge in [0.15, 0.2) is 0 Å². The molecule has 0 aliphatic heterocycles. The predicted molar refractivity (Wildman–Crippen MR) is 133 cm³/mol. The summed E-state index contributed by atoms with van der Waals surface area (Å²) in [5.74, 6) is -1.87. The minimum Gasteiger partial charge on any atom is -0.478 e. The highest BCUT2D eigenvalue weighted by atomic mass is 35.5. The molecule has 0 aliphatic carbocycles. The molecule has 3 aromatic rings. The van der Waals surface area contributed by atoms with Gasteiger partial charge in [0.2, 0.25) is 5.91 Å². The van der Waals surface area contributed by atoms with E-state index >= 15 is 0 Å². The smallest absolute Gasteiger partial charge is 0.335 e. The Morgan fingerprint density at radius 3 is 2.36 bits per heavy atom. The standard InChI is InChI=1S/C23H17Cl3N2O4S/c1-12(21(29)28-20-9-13(23(31)32)5-8-18(20)25)33-16-4-2-3-15(11-16)27-22(30)17-7-6-14(24)10-19(17)26/h2-12H,1H3,(H,27,30)(H,28,29)(H,31,32). The zero-order valence-corrected chi connectivity index (χ0v) is 20.1. The number of carbonyl (C=O) groups excluding carboxylic acids is 2. The highest BCUT2D eigenvalue weighted by Gasteiger charge is 2.18. The Hall–Kier alpha value is -2.71. The lowest BCUT2D eigenvalue weighted by atomic mass is 10.2. The summed E-state index contributed by atoms with van der Waals surface area (Å²) in [6.45, 7) is 1.70. The van der Waals surface area contributed by atoms with Gasteiger partial charge in [0.05, 0.1) is 32.1 Å². The number of nitrogens with one attached hydrogen (secondary N) is 2. The fourth-order valence-corrected chi connectivity index (χ4v) is 4.35. The maximum Gasteiger partial charge on any atom is 0.335 e. The van der Waals surface area contributed by atoms with Crippen LogP contribution in [0, 0.1) is 0 Å². The summed E-state index contributed by atoms with van der Waals surface area (Å²) in [6.07, 6.45) is 0. The SMILES string of the molecule is CC(Sc1cccc(NC(=O)c2ccc(Cl)cc2Cl)c1)C(=O)Nc1cc(C(=O)O)ccc1Cl. The minimum atomic E-state index is -1.12. The summed E-state index contributed by atoms with van der Waals surface area (Å²) >= 11 is 19.3. The Kier molecular flexibility index (Phi) is 8.26. The molecule has 0 spiro atoms. The van der Waals surface area contributed by atoms with Gasteiger partial charge in [0, 0.05) is 15.6 Å². The fourth-order valence-electron chi connectivity index (χ4n) is 2.77. The first-order valence-electron chi connectivity index (χ1n) is 9.51. The lowest BCUT2D eigenvalue weighted by molar-refractivity contribution is -0.115. The molecule has 0 saturated heterocycles. The first-order valence-corrected chi connectivity index (χ1v) is 11.5. The molecule has 0 aromatic heterocycles. The molecule has 3 N–H and O–H groups in total. The Morgan fingerprint density at radius 2 is 1.67 bits per heavy atom. The summed E-state index contributed by atoms with van der Waals surface area (Å²) in [4.78, 5) is 37.1. The number of halogens is 3. The number of anilines is 2. The van der Waals surface area contributed by atoms with E-state index in [1.165, 1.54) is 42.1 Å². The molecule has 0 aliphatic rings. The third kappa shape index (κ3) is 6.65. The maximum absolute atomic E-state index is 12.6. The van der Waals surface area contributed by atoms with Crippen LogP contribution in [-0.4, -0.2) is 28.1 Å². The Balaban J connectivity index is 1.67. The fraction of sp³-hybridized carbons (Fsp3) is 0.0870. The van der Waals surface area contributed by atoms with Crippen molar-refractivity contribution in [3.63, 3.8) is 0 Å². The number of amides is 2. The van der Waals surface area contributed by atoms with E-state index in [9.17, 15) is 14.4 Å². The third-order valence-electron chi connectivity index (χ3n) is 4.42. The summed E-state index contributed by atoms with van der Waals surface area (Å²) in [5, 5.41) is 14.9. The molecule has 0 bridgehead atoms. The van der Waals surface area contributed by atoms with Crippen LogP contribution in [0.5, 0.6) is 0 Å². The average Bonchev–Trinajstić information content (AvgIpc) is 2.75. The molecular weight excluding hydrogens is 507 g/mol. The molecule has 3 rings (SSSR count). The van der Waals surface area contributed by atoms with Gasteiger partial charge in [0.25, 0.3) is 5.91 Å². The van der Waals surface area contributed by atoms with Crippen LogP contribution in [0.4, 0.5) is 11.4 Å². The van der Waals surface area contributed by atoms with E-state index in [0.29, 0.717) is 10.7 Å². The normalized spacial score (nSPS) is 11.5. The third-order valence-corrected chi connectivity index (χ3v) is 6.39. The van der Waals surface area contributed by atoms with Crippen molar-refractivity contribution >= 4 is 75.7 Å². The highest BCUT2D eigenvalue weighted by molar-refractivity contribution is 8.00. The van der Waals surface area contributed by atoms with Gasteiger partial charge in [-0.2, -0.15) is 0 Å². The highest BCUT2D eigenvalue weighted by Crippen LogP contribution is 2.29. The van der Waals surface area contributed by atoms with Gasteiger partial charge in [-0.1, -0.05) is 40.9 Å². The van der Waals surface area contributed by atoms with Crippen LogP contribution in [0.25, 0.3) is 0 Å². The predicted octanol–water partition coefficient (Wildman–Crippen LogP) is 6.72. The number of carboxylic acid groups (broad SMARTS) is 1. The largest absolute Gasteiger partial charge is 0.478 e. The number of carbonyl (C=O) groups is 3. The van der Waals surface area contributed by atoms with Crippen molar-refractivity contribution in [2.45, 2.75) is 17.1 Å². The molecule has 0 radical (unpaired) electrons. The molecule has 10 heteroatoms. The van der Waals surface area contributed by atoms with E-state index < -0.39 is 17.1 Å². The lowest BCUT2D eigenvalue weighted by Gasteiger charge is -2.14. The van der Waals surface area contributed by atoms with Crippen molar-refractivity contribution in [3.8, 4) is 0 Å². The second-order valence-electron chi connectivity index (χ2n) is 6.86. The van der Waals surface area contributed by atoms with Crippen molar-refractivity contribution in [2.75, 3.05) is 10.6 Å². The quantitative estimate of drug-likeness (QED) is 0.299. The molecule has 1 unspecified atom stereocenters. The van der Waals surface area contributed by atoms with E-state index in [1.807, 2.05) is 0 Å². The van der Waals surface area contributed by atoms with Gasteiger partial charge < -0.3 is 15.7 Å². The summed E-state index contributed by atoms with van der Waals surface area (Å²) < 4.78 is 0. The van der Waals surface area contributed by atoms with Gasteiger partial charge in [-0.3, -0.25) is 9.59 Å². The summed E-state index contributed by atoms with van der Waals surface area (Å²) in [5.41, 5.74) is 1.04. The van der Waals surface area contributed by atoms with E-state index in [-0.39, 0.29) is 32.8 Å². The van der Waals surface area contributed by atoms with Crippen LogP contribution in [-0.2, 0) is 4.79 Å². The van der Waals surface area contributed by atoms with Gasteiger partial charge in [-0.25, -0.2) is 4.79 Å². The summed E-state index contributed by atoms with van der Waals surface area (Å²) in [6, 6.07) is 15.7. The van der Waals surface area contributed by atoms with Crippen LogP contribution in [0.1, 0.15) is 27.6 Å². The van der Waals surface area contributed by atoms with Crippen LogP contribution in [0.3, 0.4) is 0 Å². The summed E-state index contributed by atoms with van der Waals surface area (Å²) in [7, 11) is 0. The monoisotopic (exact) mass is 522 g/mol. The van der Waals surface area contributed by atoms with E-state index in [1.54, 1.807) is 37.3 Å². The van der Waals surface area contributed by atoms with E-state index in [2.05, 4.69) is 10.6 Å². The number of hydrogen-bond acceptors (Lipinski definition) is 4. The van der Waals surface area contributed by atoms with Gasteiger partial charge in [0.1, 0.15) is 0 Å². The average molecular weight is 524 g/mol. The maximum atomic E-state index is 12.6. The number of aromatic carboxylic acids is 1. The second kappa shape index (κ2) is 10.9. The molecule has 2 amide bonds. The Labute approximate surface area is 209 Å². The molecule has 0 saturated carbocycles. The van der Waals surface area contributed by atoms with Crippen molar-refractivity contribution in [1.82, 2.24) is 0 Å². The molecule has 1 atom stereocenters. The Morgan fingerprint density at radius 1 is 0.909 bits per heavy atom. The number of benzene rings is 3. The van der Waals surface area contributed by atoms with Gasteiger partial charge >= 0.3 is 5.97 Å². The number of rotatable bonds is 7. The molecular formula is C23H17Cl3N2O4S. The van der Waals surface area contributed by atoms with Crippen molar-refractivity contribution < 1.29 is 19.5 Å². The number of hydrogen-bond donors (Lipinski definition) is 3. The molecule has 33 heavy (non-hydrogen) atoms. The van der Waals surface area contributed by atoms with Crippen LogP contribution < -0.4 is 10.6 Å². The number of thioether (sulfide) groups is 1. The Bertz CT molecular complexity index is 1240. The molecule has 6 nitrogen and oxygen atoms in total. The van der Waals surface area contributed by atoms with Crippen LogP contribution in [0.15, 0.2) is 65.6 Å². The minimum absolute atomic E-state index is 0.0132.